The van der Waals surface area contributed by atoms with Gasteiger partial charge in [-0.2, -0.15) is 0 Å². The zero-order valence-corrected chi connectivity index (χ0v) is 10.6. The Balaban J connectivity index is 1.85. The lowest BCUT2D eigenvalue weighted by Crippen LogP contribution is -2.15. The first-order valence-corrected chi connectivity index (χ1v) is 6.91. The molecule has 86 valence electrons. The Morgan fingerprint density at radius 2 is 2.13 bits per heavy atom. The van der Waals surface area contributed by atoms with E-state index >= 15 is 0 Å². The molecule has 0 heteroatoms. The van der Waals surface area contributed by atoms with Crippen LogP contribution in [0, 0.1) is 23.7 Å². The van der Waals surface area contributed by atoms with Crippen LogP contribution < -0.4 is 0 Å². The highest BCUT2D eigenvalue weighted by molar-refractivity contribution is 5.21. The third kappa shape index (κ3) is 2.65. The quantitative estimate of drug-likeness (QED) is 0.579. The summed E-state index contributed by atoms with van der Waals surface area (Å²) in [4.78, 5) is 0. The van der Waals surface area contributed by atoms with Gasteiger partial charge >= 0.3 is 0 Å². The summed E-state index contributed by atoms with van der Waals surface area (Å²) >= 11 is 0. The first-order chi connectivity index (χ1) is 7.22. The zero-order valence-electron chi connectivity index (χ0n) is 10.6. The van der Waals surface area contributed by atoms with Crippen molar-refractivity contribution in [2.45, 2.75) is 59.3 Å². The van der Waals surface area contributed by atoms with Crippen LogP contribution in [0.3, 0.4) is 0 Å². The van der Waals surface area contributed by atoms with Gasteiger partial charge in [0.2, 0.25) is 0 Å². The first-order valence-electron chi connectivity index (χ1n) is 6.91. The Kier molecular flexibility index (Phi) is 3.53. The molecule has 4 unspecified atom stereocenters. The van der Waals surface area contributed by atoms with Crippen molar-refractivity contribution < 1.29 is 0 Å². The molecule has 0 aromatic rings. The maximum atomic E-state index is 2.57. The van der Waals surface area contributed by atoms with Crippen molar-refractivity contribution in [2.24, 2.45) is 23.7 Å². The third-order valence-corrected chi connectivity index (χ3v) is 4.79. The Morgan fingerprint density at radius 1 is 1.40 bits per heavy atom. The lowest BCUT2D eigenvalue weighted by Gasteiger charge is -2.24. The molecule has 2 aliphatic rings. The third-order valence-electron chi connectivity index (χ3n) is 4.79. The zero-order chi connectivity index (χ0) is 10.8. The molecule has 4 atom stereocenters. The highest BCUT2D eigenvalue weighted by atomic mass is 14.4. The molecule has 0 nitrogen and oxygen atoms in total. The molecule has 0 radical (unpaired) electrons. The molecule has 15 heavy (non-hydrogen) atoms. The van der Waals surface area contributed by atoms with Gasteiger partial charge in [-0.3, -0.25) is 0 Å². The summed E-state index contributed by atoms with van der Waals surface area (Å²) in [6.45, 7) is 7.16. The molecule has 2 aliphatic carbocycles. The van der Waals surface area contributed by atoms with E-state index in [0.29, 0.717) is 0 Å². The Bertz CT molecular complexity index is 238. The average Bonchev–Trinajstić information content (AvgIpc) is 2.78. The van der Waals surface area contributed by atoms with E-state index in [4.69, 9.17) is 0 Å². The van der Waals surface area contributed by atoms with Gasteiger partial charge in [-0.1, -0.05) is 45.3 Å². The maximum Gasteiger partial charge on any atom is -0.0194 e. The van der Waals surface area contributed by atoms with Crippen LogP contribution in [0.4, 0.5) is 0 Å². The highest BCUT2D eigenvalue weighted by Gasteiger charge is 2.31. The number of hydrogen-bond donors (Lipinski definition) is 0. The van der Waals surface area contributed by atoms with Crippen LogP contribution in [0.2, 0.25) is 0 Å². The average molecular weight is 206 g/mol. The van der Waals surface area contributed by atoms with Gasteiger partial charge in [-0.05, 0) is 49.4 Å². The Labute approximate surface area is 95.1 Å². The monoisotopic (exact) mass is 206 g/mol. The van der Waals surface area contributed by atoms with Gasteiger partial charge in [0.25, 0.3) is 0 Å². The van der Waals surface area contributed by atoms with Gasteiger partial charge in [0.1, 0.15) is 0 Å². The van der Waals surface area contributed by atoms with Gasteiger partial charge in [0.15, 0.2) is 0 Å². The lowest BCUT2D eigenvalue weighted by atomic mass is 9.82. The Morgan fingerprint density at radius 3 is 2.73 bits per heavy atom. The molecule has 0 aromatic carbocycles. The fourth-order valence-corrected chi connectivity index (χ4v) is 3.29. The molecule has 0 bridgehead atoms. The normalized spacial score (nSPS) is 39.7. The second-order valence-electron chi connectivity index (χ2n) is 5.86. The molecular weight excluding hydrogens is 180 g/mol. The van der Waals surface area contributed by atoms with E-state index in [2.05, 4.69) is 26.8 Å². The van der Waals surface area contributed by atoms with Gasteiger partial charge in [-0.25, -0.2) is 0 Å². The van der Waals surface area contributed by atoms with Gasteiger partial charge in [-0.15, -0.1) is 0 Å². The minimum absolute atomic E-state index is 0.924. The van der Waals surface area contributed by atoms with Gasteiger partial charge in [0, 0.05) is 0 Å². The van der Waals surface area contributed by atoms with Crippen molar-refractivity contribution in [3.63, 3.8) is 0 Å². The summed E-state index contributed by atoms with van der Waals surface area (Å²) in [5, 5.41) is 0. The minimum atomic E-state index is 0.924. The molecule has 2 saturated carbocycles. The smallest absolute Gasteiger partial charge is 0.0194 e. The lowest BCUT2D eigenvalue weighted by molar-refractivity contribution is 0.273. The van der Waals surface area contributed by atoms with Crippen LogP contribution in [0.15, 0.2) is 11.6 Å². The first kappa shape index (κ1) is 11.2. The van der Waals surface area contributed by atoms with Crippen LogP contribution >= 0.6 is 0 Å². The molecule has 0 aromatic heterocycles. The fraction of sp³-hybridized carbons (Fsp3) is 0.867. The minimum Gasteiger partial charge on any atom is -0.0847 e. The van der Waals surface area contributed by atoms with Crippen molar-refractivity contribution in [3.05, 3.63) is 11.6 Å². The van der Waals surface area contributed by atoms with Gasteiger partial charge in [0.05, 0.1) is 0 Å². The second-order valence-corrected chi connectivity index (χ2v) is 5.86. The Hall–Kier alpha value is -0.260. The topological polar surface area (TPSA) is 0 Å². The van der Waals surface area contributed by atoms with E-state index in [-0.39, 0.29) is 0 Å². The predicted molar refractivity (Wildman–Crippen MR) is 66.8 cm³/mol. The van der Waals surface area contributed by atoms with Crippen molar-refractivity contribution in [1.82, 2.24) is 0 Å². The summed E-state index contributed by atoms with van der Waals surface area (Å²) in [5.74, 6) is 3.92. The van der Waals surface area contributed by atoms with Crippen molar-refractivity contribution in [3.8, 4) is 0 Å². The fourth-order valence-electron chi connectivity index (χ4n) is 3.29. The largest absolute Gasteiger partial charge is 0.0847 e. The van der Waals surface area contributed by atoms with E-state index < -0.39 is 0 Å². The maximum absolute atomic E-state index is 2.57. The van der Waals surface area contributed by atoms with E-state index in [9.17, 15) is 0 Å². The molecule has 0 saturated heterocycles. The van der Waals surface area contributed by atoms with Crippen molar-refractivity contribution in [2.75, 3.05) is 0 Å². The van der Waals surface area contributed by atoms with Crippen LogP contribution in [0.1, 0.15) is 59.3 Å². The van der Waals surface area contributed by atoms with Crippen LogP contribution in [0.5, 0.6) is 0 Å². The molecule has 2 fully saturated rings. The van der Waals surface area contributed by atoms with Gasteiger partial charge < -0.3 is 0 Å². The SMILES string of the molecule is CCC(C)C1CCCC1CC=C1CC1C. The number of allylic oxidation sites excluding steroid dienone is 2. The van der Waals surface area contributed by atoms with E-state index in [1.165, 1.54) is 38.5 Å². The molecule has 0 heterocycles. The van der Waals surface area contributed by atoms with Crippen molar-refractivity contribution in [1.29, 1.82) is 0 Å². The van der Waals surface area contributed by atoms with E-state index in [0.717, 1.165) is 23.7 Å². The summed E-state index contributed by atoms with van der Waals surface area (Å²) < 4.78 is 0. The molecule has 0 N–H and O–H groups in total. The van der Waals surface area contributed by atoms with Crippen molar-refractivity contribution >= 4 is 0 Å². The summed E-state index contributed by atoms with van der Waals surface area (Å²) in [5.41, 5.74) is 1.74. The molecule has 2 rings (SSSR count). The van der Waals surface area contributed by atoms with Crippen LogP contribution in [0.25, 0.3) is 0 Å². The number of hydrogen-bond acceptors (Lipinski definition) is 0. The second kappa shape index (κ2) is 4.72. The molecule has 0 spiro atoms. The van der Waals surface area contributed by atoms with E-state index in [1.807, 2.05) is 0 Å². The molecule has 0 aliphatic heterocycles. The summed E-state index contributed by atoms with van der Waals surface area (Å²) in [6.07, 6.45) is 11.2. The highest BCUT2D eigenvalue weighted by Crippen LogP contribution is 2.43. The molecular formula is C15H26. The summed E-state index contributed by atoms with van der Waals surface area (Å²) in [7, 11) is 0. The summed E-state index contributed by atoms with van der Waals surface area (Å²) in [6, 6.07) is 0. The number of rotatable bonds is 4. The van der Waals surface area contributed by atoms with E-state index in [1.54, 1.807) is 5.57 Å². The predicted octanol–water partition coefficient (Wildman–Crippen LogP) is 4.81. The molecule has 0 amide bonds. The van der Waals surface area contributed by atoms with Crippen LogP contribution in [-0.4, -0.2) is 0 Å². The standard InChI is InChI=1S/C15H26/c1-4-11(2)15-7-5-6-13(15)8-9-14-10-12(14)3/h9,11-13,15H,4-8,10H2,1-3H3. The van der Waals surface area contributed by atoms with Crippen LogP contribution in [-0.2, 0) is 0 Å².